The molecule has 40 heavy (non-hydrogen) atoms. The van der Waals surface area contributed by atoms with Crippen LogP contribution < -0.4 is 11.1 Å². The van der Waals surface area contributed by atoms with Gasteiger partial charge in [-0.25, -0.2) is 18.7 Å². The summed E-state index contributed by atoms with van der Waals surface area (Å²) in [5.74, 6) is 10.1. The molecule has 7 nitrogen and oxygen atoms in total. The van der Waals surface area contributed by atoms with Crippen LogP contribution in [0.15, 0.2) is 36.4 Å². The summed E-state index contributed by atoms with van der Waals surface area (Å²) in [6, 6.07) is 10.8. The van der Waals surface area contributed by atoms with Gasteiger partial charge < -0.3 is 21.0 Å². The minimum Gasteiger partial charge on any atom is -0.346 e. The van der Waals surface area contributed by atoms with Crippen LogP contribution in [-0.2, 0) is 4.79 Å². The number of halogens is 2. The number of nitrogens with two attached hydrogens (primary N) is 1. The van der Waals surface area contributed by atoms with Crippen LogP contribution in [0.3, 0.4) is 0 Å². The van der Waals surface area contributed by atoms with Gasteiger partial charge in [-0.3, -0.25) is 4.79 Å². The van der Waals surface area contributed by atoms with Crippen molar-refractivity contribution in [3.8, 4) is 23.7 Å². The third-order valence-corrected chi connectivity index (χ3v) is 7.25. The third kappa shape index (κ3) is 6.16. The average molecular weight is 543 g/mol. The second kappa shape index (κ2) is 11.1. The van der Waals surface area contributed by atoms with Crippen molar-refractivity contribution in [2.75, 3.05) is 0 Å². The van der Waals surface area contributed by atoms with Gasteiger partial charge in [0.1, 0.15) is 11.6 Å². The van der Waals surface area contributed by atoms with Crippen molar-refractivity contribution < 1.29 is 13.6 Å². The van der Waals surface area contributed by atoms with Crippen LogP contribution in [-0.4, -0.2) is 31.8 Å². The molecule has 5 N–H and O–H groups in total. The maximum Gasteiger partial charge on any atom is 0.248 e. The summed E-state index contributed by atoms with van der Waals surface area (Å²) >= 11 is 0. The van der Waals surface area contributed by atoms with E-state index < -0.39 is 11.8 Å². The SMILES string of the molecule is CC(C)[C@H](NC(=O)C1CCC(F)(F)CC1)c1nc2ccc(C#CC#Cc3ccc4nc([C@H](C)N)[nH]c4c3)cc2[nH]1. The Balaban J connectivity index is 1.29. The fourth-order valence-electron chi connectivity index (χ4n) is 4.91. The molecule has 9 heteroatoms. The molecule has 4 aromatic rings. The molecule has 0 unspecified atom stereocenters. The minimum atomic E-state index is -2.67. The van der Waals surface area contributed by atoms with E-state index in [-0.39, 0.29) is 49.6 Å². The molecule has 1 saturated carbocycles. The molecule has 5 rings (SSSR count). The summed E-state index contributed by atoms with van der Waals surface area (Å²) < 4.78 is 27.1. The number of amides is 1. The van der Waals surface area contributed by atoms with Crippen molar-refractivity contribution in [3.63, 3.8) is 0 Å². The number of carbonyl (C=O) groups excluding carboxylic acids is 1. The largest absolute Gasteiger partial charge is 0.346 e. The molecule has 2 atom stereocenters. The summed E-state index contributed by atoms with van der Waals surface area (Å²) in [7, 11) is 0. The molecule has 0 saturated heterocycles. The first kappa shape index (κ1) is 27.4. The van der Waals surface area contributed by atoms with E-state index in [0.29, 0.717) is 5.82 Å². The fraction of sp³-hybridized carbons (Fsp3) is 0.387. The first-order valence-corrected chi connectivity index (χ1v) is 13.5. The third-order valence-electron chi connectivity index (χ3n) is 7.25. The highest BCUT2D eigenvalue weighted by molar-refractivity contribution is 5.80. The van der Waals surface area contributed by atoms with E-state index in [1.807, 2.05) is 57.2 Å². The molecular formula is C31H32F2N6O. The lowest BCUT2D eigenvalue weighted by Crippen LogP contribution is -2.39. The summed E-state index contributed by atoms with van der Waals surface area (Å²) in [5.41, 5.74) is 10.8. The normalized spacial score (nSPS) is 16.7. The maximum absolute atomic E-state index is 13.5. The predicted octanol–water partition coefficient (Wildman–Crippen LogP) is 5.50. The Labute approximate surface area is 231 Å². The van der Waals surface area contributed by atoms with Crippen LogP contribution in [0.1, 0.15) is 81.3 Å². The number of carbonyl (C=O) groups is 1. The van der Waals surface area contributed by atoms with Crippen LogP contribution in [0.2, 0.25) is 0 Å². The van der Waals surface area contributed by atoms with Gasteiger partial charge in [-0.1, -0.05) is 25.7 Å². The number of fused-ring (bicyclic) bond motifs is 2. The summed E-state index contributed by atoms with van der Waals surface area (Å²) in [5, 5.41) is 3.04. The molecule has 0 aliphatic heterocycles. The number of imidazole rings is 2. The van der Waals surface area contributed by atoms with Crippen molar-refractivity contribution >= 4 is 28.0 Å². The van der Waals surface area contributed by atoms with E-state index in [1.165, 1.54) is 0 Å². The number of benzene rings is 2. The van der Waals surface area contributed by atoms with E-state index in [4.69, 9.17) is 5.73 Å². The zero-order valence-electron chi connectivity index (χ0n) is 22.7. The Bertz CT molecular complexity index is 1670. The molecule has 0 spiro atoms. The molecule has 2 aromatic carbocycles. The van der Waals surface area contributed by atoms with Crippen LogP contribution in [0.4, 0.5) is 8.78 Å². The summed E-state index contributed by atoms with van der Waals surface area (Å²) in [4.78, 5) is 28.6. The Morgan fingerprint density at radius 2 is 1.48 bits per heavy atom. The van der Waals surface area contributed by atoms with Crippen molar-refractivity contribution in [1.82, 2.24) is 25.3 Å². The first-order valence-electron chi connectivity index (χ1n) is 13.5. The van der Waals surface area contributed by atoms with Crippen LogP contribution in [0, 0.1) is 35.5 Å². The number of nitrogens with one attached hydrogen (secondary N) is 3. The van der Waals surface area contributed by atoms with Gasteiger partial charge in [-0.05, 0) is 73.9 Å². The zero-order chi connectivity index (χ0) is 28.4. The van der Waals surface area contributed by atoms with Gasteiger partial charge in [-0.2, -0.15) is 0 Å². The van der Waals surface area contributed by atoms with Gasteiger partial charge >= 0.3 is 0 Å². The van der Waals surface area contributed by atoms with Gasteiger partial charge in [0.15, 0.2) is 0 Å². The Morgan fingerprint density at radius 3 is 2.00 bits per heavy atom. The van der Waals surface area contributed by atoms with Crippen LogP contribution in [0.25, 0.3) is 22.1 Å². The quantitative estimate of drug-likeness (QED) is 0.250. The molecule has 1 aliphatic carbocycles. The van der Waals surface area contributed by atoms with Crippen molar-refractivity contribution in [1.29, 1.82) is 0 Å². The Morgan fingerprint density at radius 1 is 0.950 bits per heavy atom. The lowest BCUT2D eigenvalue weighted by Gasteiger charge is -2.29. The van der Waals surface area contributed by atoms with Crippen molar-refractivity contribution in [2.24, 2.45) is 17.6 Å². The van der Waals surface area contributed by atoms with Gasteiger partial charge in [0.25, 0.3) is 0 Å². The summed E-state index contributed by atoms with van der Waals surface area (Å²) in [6.45, 7) is 5.86. The van der Waals surface area contributed by atoms with E-state index in [2.05, 4.69) is 48.9 Å². The molecule has 1 fully saturated rings. The number of rotatable bonds is 5. The fourth-order valence-corrected chi connectivity index (χ4v) is 4.91. The van der Waals surface area contributed by atoms with E-state index in [0.717, 1.165) is 39.0 Å². The predicted molar refractivity (Wildman–Crippen MR) is 151 cm³/mol. The maximum atomic E-state index is 13.5. The molecule has 1 amide bonds. The highest BCUT2D eigenvalue weighted by Gasteiger charge is 2.38. The lowest BCUT2D eigenvalue weighted by atomic mass is 9.86. The number of aromatic nitrogens is 4. The Hall–Kier alpha value is -4.21. The molecular weight excluding hydrogens is 510 g/mol. The van der Waals surface area contributed by atoms with Gasteiger partial charge in [0.2, 0.25) is 11.8 Å². The van der Waals surface area contributed by atoms with E-state index in [1.54, 1.807) is 0 Å². The molecule has 2 aromatic heterocycles. The van der Waals surface area contributed by atoms with E-state index >= 15 is 0 Å². The topological polar surface area (TPSA) is 112 Å². The van der Waals surface area contributed by atoms with Crippen molar-refractivity contribution in [3.05, 3.63) is 59.2 Å². The van der Waals surface area contributed by atoms with Gasteiger partial charge in [0, 0.05) is 29.9 Å². The van der Waals surface area contributed by atoms with Crippen molar-refractivity contribution in [2.45, 2.75) is 64.5 Å². The molecule has 206 valence electrons. The second-order valence-electron chi connectivity index (χ2n) is 10.9. The zero-order valence-corrected chi connectivity index (χ0v) is 22.7. The first-order chi connectivity index (χ1) is 19.1. The number of nitrogens with zero attached hydrogens (tertiary/aromatic N) is 2. The number of aromatic amines is 2. The summed E-state index contributed by atoms with van der Waals surface area (Å²) in [6.07, 6.45) is -0.0998. The van der Waals surface area contributed by atoms with Crippen LogP contribution in [0.5, 0.6) is 0 Å². The van der Waals surface area contributed by atoms with E-state index in [9.17, 15) is 13.6 Å². The molecule has 1 aliphatic rings. The monoisotopic (exact) mass is 542 g/mol. The molecule has 0 bridgehead atoms. The smallest absolute Gasteiger partial charge is 0.248 e. The molecule has 2 heterocycles. The standard InChI is InChI=1S/C31H32F2N6O/c1-18(2)27(39-30(40)22-12-14-31(32,33)15-13-22)29-36-24-11-9-21(17-26(24)38-29)7-5-4-6-20-8-10-23-25(16-20)37-28(35-23)19(3)34/h8-11,16-19,22,27H,12-15,34H2,1-3H3,(H,35,37)(H,36,38)(H,39,40)/t19-,27-/m0/s1. The van der Waals surface area contributed by atoms with Gasteiger partial charge in [0.05, 0.1) is 34.2 Å². The highest BCUT2D eigenvalue weighted by atomic mass is 19.3. The van der Waals surface area contributed by atoms with Crippen LogP contribution >= 0.6 is 0 Å². The second-order valence-corrected chi connectivity index (χ2v) is 10.9. The highest BCUT2D eigenvalue weighted by Crippen LogP contribution is 2.36. The molecule has 0 radical (unpaired) electrons. The number of hydrogen-bond donors (Lipinski definition) is 4. The lowest BCUT2D eigenvalue weighted by molar-refractivity contribution is -0.130. The number of hydrogen-bond acceptors (Lipinski definition) is 4. The van der Waals surface area contributed by atoms with Gasteiger partial charge in [-0.15, -0.1) is 0 Å². The number of alkyl halides is 2. The minimum absolute atomic E-state index is 0.0513. The average Bonchev–Trinajstić information content (AvgIpc) is 3.53. The number of H-pyrrole nitrogens is 2. The Kier molecular flexibility index (Phi) is 7.60.